The van der Waals surface area contributed by atoms with E-state index in [4.69, 9.17) is 9.84 Å². The number of carboxylic acid groups (broad SMARTS) is 1. The van der Waals surface area contributed by atoms with Crippen LogP contribution in [0.2, 0.25) is 0 Å². The predicted molar refractivity (Wildman–Crippen MR) is 77.9 cm³/mol. The number of fused-ring (bicyclic) bond motifs is 1. The van der Waals surface area contributed by atoms with Crippen LogP contribution in [0.15, 0.2) is 40.3 Å². The van der Waals surface area contributed by atoms with Crippen molar-refractivity contribution < 1.29 is 14.6 Å². The van der Waals surface area contributed by atoms with Crippen LogP contribution in [0.5, 0.6) is 5.75 Å². The lowest BCUT2D eigenvalue weighted by molar-refractivity contribution is 0.143. The predicted octanol–water partition coefficient (Wildman–Crippen LogP) is 2.46. The van der Waals surface area contributed by atoms with E-state index in [0.29, 0.717) is 17.3 Å². The Morgan fingerprint density at radius 2 is 2.10 bits per heavy atom. The number of aromatic nitrogens is 2. The molecule has 108 valence electrons. The summed E-state index contributed by atoms with van der Waals surface area (Å²) in [6.07, 6.45) is -0.675. The Morgan fingerprint density at radius 3 is 2.81 bits per heavy atom. The maximum atomic E-state index is 12.5. The summed E-state index contributed by atoms with van der Waals surface area (Å²) in [6, 6.07) is 8.96. The van der Waals surface area contributed by atoms with Gasteiger partial charge in [0.1, 0.15) is 5.69 Å². The highest BCUT2D eigenvalue weighted by Gasteiger charge is 2.23. The average Bonchev–Trinajstić information content (AvgIpc) is 2.50. The van der Waals surface area contributed by atoms with Gasteiger partial charge in [0.25, 0.3) is 5.56 Å². The van der Waals surface area contributed by atoms with E-state index in [-0.39, 0.29) is 11.4 Å². The van der Waals surface area contributed by atoms with Crippen LogP contribution in [0.1, 0.15) is 6.42 Å². The highest BCUT2D eigenvalue weighted by molar-refractivity contribution is 7.99. The highest BCUT2D eigenvalue weighted by Crippen LogP contribution is 2.30. The number of carbonyl (C=O) groups is 1. The first-order chi connectivity index (χ1) is 10.2. The van der Waals surface area contributed by atoms with Crippen LogP contribution in [0, 0.1) is 0 Å². The molecule has 0 spiro atoms. The van der Waals surface area contributed by atoms with Crippen LogP contribution in [0.4, 0.5) is 4.79 Å². The number of hydrogen-bond acceptors (Lipinski definition) is 5. The van der Waals surface area contributed by atoms with Crippen molar-refractivity contribution in [3.8, 4) is 17.0 Å². The molecule has 2 heterocycles. The van der Waals surface area contributed by atoms with Crippen molar-refractivity contribution in [3.63, 3.8) is 0 Å². The topological polar surface area (TPSA) is 81.4 Å². The minimum atomic E-state index is -1.52. The summed E-state index contributed by atoms with van der Waals surface area (Å²) in [5, 5.41) is 9.46. The molecule has 7 heteroatoms. The third-order valence-corrected chi connectivity index (χ3v) is 4.15. The molecule has 3 rings (SSSR count). The lowest BCUT2D eigenvalue weighted by Gasteiger charge is -2.19. The van der Waals surface area contributed by atoms with Crippen molar-refractivity contribution >= 4 is 17.9 Å². The third-order valence-electron chi connectivity index (χ3n) is 3.09. The fourth-order valence-corrected chi connectivity index (χ4v) is 3.12. The molecule has 1 N–H and O–H groups in total. The highest BCUT2D eigenvalue weighted by atomic mass is 32.2. The summed E-state index contributed by atoms with van der Waals surface area (Å²) in [5.41, 5.74) is 0.470. The van der Waals surface area contributed by atoms with Crippen molar-refractivity contribution in [1.29, 1.82) is 0 Å². The van der Waals surface area contributed by atoms with Gasteiger partial charge >= 0.3 is 6.16 Å². The molecule has 6 nitrogen and oxygen atoms in total. The fraction of sp³-hybridized carbons (Fsp3) is 0.214. The van der Waals surface area contributed by atoms with Crippen molar-refractivity contribution in [3.05, 3.63) is 40.7 Å². The minimum Gasteiger partial charge on any atom is -0.449 e. The molecule has 1 aliphatic heterocycles. The summed E-state index contributed by atoms with van der Waals surface area (Å²) in [6.45, 7) is 0.527. The van der Waals surface area contributed by atoms with Gasteiger partial charge in [0.05, 0.1) is 0 Å². The van der Waals surface area contributed by atoms with Gasteiger partial charge in [0, 0.05) is 17.9 Å². The molecule has 0 bridgehead atoms. The number of ether oxygens (including phenoxy) is 1. The van der Waals surface area contributed by atoms with Gasteiger partial charge in [-0.05, 0) is 6.42 Å². The SMILES string of the molecule is O=C(O)Oc1c(-c2ccccc2)nc2n(c1=O)CCCS2. The number of hydrogen-bond donors (Lipinski definition) is 1. The van der Waals surface area contributed by atoms with E-state index in [1.807, 2.05) is 6.07 Å². The molecule has 0 saturated carbocycles. The number of benzene rings is 1. The molecule has 0 radical (unpaired) electrons. The molecule has 1 aliphatic rings. The van der Waals surface area contributed by atoms with Gasteiger partial charge in [-0.15, -0.1) is 0 Å². The Balaban J connectivity index is 2.24. The van der Waals surface area contributed by atoms with Crippen LogP contribution >= 0.6 is 11.8 Å². The van der Waals surface area contributed by atoms with E-state index < -0.39 is 11.7 Å². The molecule has 1 aromatic heterocycles. The quantitative estimate of drug-likeness (QED) is 0.678. The van der Waals surface area contributed by atoms with E-state index in [1.165, 1.54) is 16.3 Å². The number of rotatable bonds is 2. The van der Waals surface area contributed by atoms with Crippen LogP contribution in [0.25, 0.3) is 11.3 Å². The Labute approximate surface area is 124 Å². The monoisotopic (exact) mass is 304 g/mol. The van der Waals surface area contributed by atoms with E-state index >= 15 is 0 Å². The van der Waals surface area contributed by atoms with Gasteiger partial charge in [0.2, 0.25) is 5.75 Å². The van der Waals surface area contributed by atoms with Crippen LogP contribution in [-0.2, 0) is 6.54 Å². The summed E-state index contributed by atoms with van der Waals surface area (Å²) in [4.78, 5) is 27.8. The summed E-state index contributed by atoms with van der Waals surface area (Å²) in [7, 11) is 0. The molecule has 0 aliphatic carbocycles. The molecule has 0 fully saturated rings. The summed E-state index contributed by atoms with van der Waals surface area (Å²) >= 11 is 1.49. The minimum absolute atomic E-state index is 0.236. The third kappa shape index (κ3) is 2.64. The van der Waals surface area contributed by atoms with E-state index in [0.717, 1.165) is 12.2 Å². The maximum absolute atomic E-state index is 12.5. The molecule has 2 aromatic rings. The van der Waals surface area contributed by atoms with Gasteiger partial charge in [-0.1, -0.05) is 42.1 Å². The molecular formula is C14H12N2O4S. The van der Waals surface area contributed by atoms with Crippen molar-refractivity contribution in [2.75, 3.05) is 5.75 Å². The lowest BCUT2D eigenvalue weighted by Crippen LogP contribution is -2.29. The van der Waals surface area contributed by atoms with Gasteiger partial charge in [0.15, 0.2) is 5.16 Å². The lowest BCUT2D eigenvalue weighted by atomic mass is 10.1. The second-order valence-electron chi connectivity index (χ2n) is 4.46. The van der Waals surface area contributed by atoms with Gasteiger partial charge in [-0.25, -0.2) is 9.78 Å². The smallest absolute Gasteiger partial charge is 0.449 e. The Bertz CT molecular complexity index is 743. The molecular weight excluding hydrogens is 292 g/mol. The number of thioether (sulfide) groups is 1. The molecule has 0 atom stereocenters. The maximum Gasteiger partial charge on any atom is 0.511 e. The van der Waals surface area contributed by atoms with Gasteiger partial charge in [-0.2, -0.15) is 0 Å². The largest absolute Gasteiger partial charge is 0.511 e. The van der Waals surface area contributed by atoms with E-state index in [9.17, 15) is 9.59 Å². The average molecular weight is 304 g/mol. The first kappa shape index (κ1) is 13.7. The first-order valence-electron chi connectivity index (χ1n) is 6.40. The summed E-state index contributed by atoms with van der Waals surface area (Å²) < 4.78 is 6.18. The Kier molecular flexibility index (Phi) is 3.66. The van der Waals surface area contributed by atoms with Crippen molar-refractivity contribution in [2.24, 2.45) is 0 Å². The zero-order valence-corrected chi connectivity index (χ0v) is 11.8. The van der Waals surface area contributed by atoms with Crippen LogP contribution in [0.3, 0.4) is 0 Å². The molecule has 0 amide bonds. The van der Waals surface area contributed by atoms with Crippen LogP contribution in [-0.4, -0.2) is 26.6 Å². The second-order valence-corrected chi connectivity index (χ2v) is 5.53. The normalized spacial score (nSPS) is 13.5. The standard InChI is InChI=1S/C14H12N2O4S/c17-12-11(20-14(18)19)10(9-5-2-1-3-6-9)15-13-16(12)7-4-8-21-13/h1-3,5-6H,4,7-8H2,(H,18,19). The zero-order valence-electron chi connectivity index (χ0n) is 11.0. The van der Waals surface area contributed by atoms with Gasteiger partial charge in [-0.3, -0.25) is 9.36 Å². The molecule has 0 unspecified atom stereocenters. The summed E-state index contributed by atoms with van der Waals surface area (Å²) in [5.74, 6) is 0.653. The van der Waals surface area contributed by atoms with E-state index in [1.54, 1.807) is 24.3 Å². The molecule has 1 aromatic carbocycles. The van der Waals surface area contributed by atoms with Crippen molar-refractivity contribution in [1.82, 2.24) is 9.55 Å². The Morgan fingerprint density at radius 1 is 1.33 bits per heavy atom. The van der Waals surface area contributed by atoms with Crippen molar-refractivity contribution in [2.45, 2.75) is 18.1 Å². The first-order valence-corrected chi connectivity index (χ1v) is 7.39. The molecule has 21 heavy (non-hydrogen) atoms. The Hall–Kier alpha value is -2.28. The van der Waals surface area contributed by atoms with Crippen LogP contribution < -0.4 is 10.3 Å². The second kappa shape index (κ2) is 5.61. The zero-order chi connectivity index (χ0) is 14.8. The number of nitrogens with zero attached hydrogens (tertiary/aromatic N) is 2. The van der Waals surface area contributed by atoms with E-state index in [2.05, 4.69) is 4.98 Å². The fourth-order valence-electron chi connectivity index (χ4n) is 2.18. The molecule has 0 saturated heterocycles. The van der Waals surface area contributed by atoms with Gasteiger partial charge < -0.3 is 9.84 Å².